The molecule has 2 aromatic rings. The highest BCUT2D eigenvalue weighted by molar-refractivity contribution is 6.01. The van der Waals surface area contributed by atoms with E-state index in [-0.39, 0.29) is 50.5 Å². The van der Waals surface area contributed by atoms with Crippen molar-refractivity contribution in [2.45, 2.75) is 38.8 Å². The standard InChI is InChI=1S/C26H32N2O6/c1-18(20-4-6-22-21(16-20)9-13-33-22)27(10-12-29)17-19-3-5-23(24(15-19)32-2)34-14-11-28-25(30)7-8-26(28)31/h3-6,15-16,18,29H,7-14,17H2,1-2H3. The molecule has 2 aliphatic heterocycles. The number of benzene rings is 2. The van der Waals surface area contributed by atoms with Crippen LogP contribution in [0.3, 0.4) is 0 Å². The van der Waals surface area contributed by atoms with Crippen LogP contribution in [0.5, 0.6) is 17.2 Å². The first-order chi connectivity index (χ1) is 16.5. The van der Waals surface area contributed by atoms with Crippen molar-refractivity contribution in [2.24, 2.45) is 0 Å². The maximum absolute atomic E-state index is 11.8. The van der Waals surface area contributed by atoms with Gasteiger partial charge in [-0.1, -0.05) is 18.2 Å². The van der Waals surface area contributed by atoms with Crippen molar-refractivity contribution in [3.63, 3.8) is 0 Å². The summed E-state index contributed by atoms with van der Waals surface area (Å²) in [6.07, 6.45) is 1.48. The number of rotatable bonds is 11. The molecule has 2 amide bonds. The summed E-state index contributed by atoms with van der Waals surface area (Å²) in [5, 5.41) is 9.68. The Morgan fingerprint density at radius 1 is 1.09 bits per heavy atom. The summed E-state index contributed by atoms with van der Waals surface area (Å²) in [5.74, 6) is 1.81. The highest BCUT2D eigenvalue weighted by atomic mass is 16.5. The molecule has 1 saturated heterocycles. The van der Waals surface area contributed by atoms with E-state index < -0.39 is 0 Å². The fourth-order valence-electron chi connectivity index (χ4n) is 4.50. The van der Waals surface area contributed by atoms with E-state index in [1.165, 1.54) is 16.0 Å². The smallest absolute Gasteiger partial charge is 0.229 e. The third-order valence-corrected chi connectivity index (χ3v) is 6.47. The molecule has 0 saturated carbocycles. The van der Waals surface area contributed by atoms with E-state index in [2.05, 4.69) is 24.0 Å². The van der Waals surface area contributed by atoms with Gasteiger partial charge in [0.1, 0.15) is 12.4 Å². The van der Waals surface area contributed by atoms with Crippen LogP contribution in [-0.4, -0.2) is 66.7 Å². The minimum absolute atomic E-state index is 0.0602. The molecule has 0 spiro atoms. The first-order valence-electron chi connectivity index (χ1n) is 11.7. The lowest BCUT2D eigenvalue weighted by Crippen LogP contribution is -2.33. The van der Waals surface area contributed by atoms with E-state index in [0.29, 0.717) is 24.6 Å². The lowest BCUT2D eigenvalue weighted by molar-refractivity contribution is -0.138. The first kappa shape index (κ1) is 24.0. The number of hydrogen-bond acceptors (Lipinski definition) is 7. The lowest BCUT2D eigenvalue weighted by Gasteiger charge is -2.29. The third kappa shape index (κ3) is 5.34. The average molecular weight is 469 g/mol. The van der Waals surface area contributed by atoms with Gasteiger partial charge >= 0.3 is 0 Å². The topological polar surface area (TPSA) is 88.5 Å². The summed E-state index contributed by atoms with van der Waals surface area (Å²) >= 11 is 0. The SMILES string of the molecule is COc1cc(CN(CCO)C(C)c2ccc3c(c2)CCO3)ccc1OCCN1C(=O)CCC1=O. The number of likely N-dealkylation sites (tertiary alicyclic amines) is 1. The molecule has 0 aliphatic carbocycles. The Bertz CT molecular complexity index is 1020. The van der Waals surface area contributed by atoms with Crippen LogP contribution in [0.15, 0.2) is 36.4 Å². The molecule has 1 N–H and O–H groups in total. The quantitative estimate of drug-likeness (QED) is 0.507. The minimum atomic E-state index is -0.148. The van der Waals surface area contributed by atoms with Gasteiger partial charge < -0.3 is 19.3 Å². The Labute approximate surface area is 200 Å². The summed E-state index contributed by atoms with van der Waals surface area (Å²) in [6.45, 7) is 4.54. The molecular weight excluding hydrogens is 436 g/mol. The van der Waals surface area contributed by atoms with E-state index in [0.717, 1.165) is 24.3 Å². The normalized spacial score (nSPS) is 16.1. The van der Waals surface area contributed by atoms with Crippen LogP contribution in [0.4, 0.5) is 0 Å². The number of fused-ring (bicyclic) bond motifs is 1. The molecule has 1 unspecified atom stereocenters. The van der Waals surface area contributed by atoms with Crippen molar-refractivity contribution >= 4 is 11.8 Å². The number of aliphatic hydroxyl groups excluding tert-OH is 1. The van der Waals surface area contributed by atoms with Crippen molar-refractivity contribution in [1.82, 2.24) is 9.80 Å². The van der Waals surface area contributed by atoms with Crippen LogP contribution >= 0.6 is 0 Å². The van der Waals surface area contributed by atoms with Crippen molar-refractivity contribution in [1.29, 1.82) is 0 Å². The fourth-order valence-corrected chi connectivity index (χ4v) is 4.50. The third-order valence-electron chi connectivity index (χ3n) is 6.47. The Kier molecular flexibility index (Phi) is 7.70. The summed E-state index contributed by atoms with van der Waals surface area (Å²) in [4.78, 5) is 27.0. The van der Waals surface area contributed by atoms with Crippen molar-refractivity contribution < 1.29 is 28.9 Å². The monoisotopic (exact) mass is 468 g/mol. The van der Waals surface area contributed by atoms with Crippen LogP contribution in [0, 0.1) is 0 Å². The van der Waals surface area contributed by atoms with Crippen molar-refractivity contribution in [3.8, 4) is 17.2 Å². The Morgan fingerprint density at radius 2 is 1.88 bits per heavy atom. The van der Waals surface area contributed by atoms with Gasteiger partial charge in [-0.2, -0.15) is 0 Å². The van der Waals surface area contributed by atoms with E-state index in [4.69, 9.17) is 14.2 Å². The van der Waals surface area contributed by atoms with Crippen LogP contribution in [0.1, 0.15) is 42.5 Å². The molecule has 1 atom stereocenters. The summed E-state index contributed by atoms with van der Waals surface area (Å²) in [5.41, 5.74) is 3.45. The zero-order valence-corrected chi connectivity index (χ0v) is 19.8. The molecule has 2 aliphatic rings. The molecule has 2 aromatic carbocycles. The van der Waals surface area contributed by atoms with Gasteiger partial charge in [-0.15, -0.1) is 0 Å². The highest BCUT2D eigenvalue weighted by Crippen LogP contribution is 2.32. The van der Waals surface area contributed by atoms with Crippen LogP contribution in [0.25, 0.3) is 0 Å². The maximum atomic E-state index is 11.8. The molecule has 8 heteroatoms. The lowest BCUT2D eigenvalue weighted by atomic mass is 10.0. The van der Waals surface area contributed by atoms with E-state index in [1.807, 2.05) is 24.3 Å². The van der Waals surface area contributed by atoms with Gasteiger partial charge in [0.15, 0.2) is 11.5 Å². The summed E-state index contributed by atoms with van der Waals surface area (Å²) in [7, 11) is 1.58. The number of nitrogens with zero attached hydrogens (tertiary/aromatic N) is 2. The number of hydrogen-bond donors (Lipinski definition) is 1. The second-order valence-electron chi connectivity index (χ2n) is 8.61. The molecule has 182 valence electrons. The van der Waals surface area contributed by atoms with Gasteiger partial charge in [-0.3, -0.25) is 19.4 Å². The molecule has 4 rings (SSSR count). The molecular formula is C26H32N2O6. The predicted molar refractivity (Wildman–Crippen MR) is 126 cm³/mol. The molecule has 8 nitrogen and oxygen atoms in total. The Morgan fingerprint density at radius 3 is 2.62 bits per heavy atom. The molecule has 0 aromatic heterocycles. The van der Waals surface area contributed by atoms with Gasteiger partial charge in [0.2, 0.25) is 11.8 Å². The van der Waals surface area contributed by atoms with Gasteiger partial charge in [0.05, 0.1) is 26.9 Å². The average Bonchev–Trinajstić information content (AvgIpc) is 3.45. The van der Waals surface area contributed by atoms with Crippen molar-refractivity contribution in [2.75, 3.05) is 40.0 Å². The largest absolute Gasteiger partial charge is 0.493 e. The van der Waals surface area contributed by atoms with Crippen molar-refractivity contribution in [3.05, 3.63) is 53.1 Å². The van der Waals surface area contributed by atoms with E-state index in [1.54, 1.807) is 7.11 Å². The molecule has 0 radical (unpaired) electrons. The van der Waals surface area contributed by atoms with Gasteiger partial charge in [-0.05, 0) is 41.8 Å². The first-order valence-corrected chi connectivity index (χ1v) is 11.7. The van der Waals surface area contributed by atoms with Gasteiger partial charge in [0, 0.05) is 38.4 Å². The van der Waals surface area contributed by atoms with Crippen LogP contribution in [-0.2, 0) is 22.6 Å². The second kappa shape index (κ2) is 10.9. The molecule has 1 fully saturated rings. The van der Waals surface area contributed by atoms with Gasteiger partial charge in [0.25, 0.3) is 0 Å². The minimum Gasteiger partial charge on any atom is -0.493 e. The summed E-state index contributed by atoms with van der Waals surface area (Å²) in [6, 6.07) is 12.2. The van der Waals surface area contributed by atoms with Gasteiger partial charge in [-0.25, -0.2) is 0 Å². The Hall–Kier alpha value is -3.10. The number of carbonyl (C=O) groups is 2. The highest BCUT2D eigenvalue weighted by Gasteiger charge is 2.28. The van der Waals surface area contributed by atoms with E-state index >= 15 is 0 Å². The zero-order valence-electron chi connectivity index (χ0n) is 19.8. The number of aliphatic hydroxyl groups is 1. The number of amides is 2. The molecule has 34 heavy (non-hydrogen) atoms. The Balaban J connectivity index is 1.41. The van der Waals surface area contributed by atoms with Crippen LogP contribution < -0.4 is 14.2 Å². The second-order valence-corrected chi connectivity index (χ2v) is 8.61. The molecule has 2 heterocycles. The fraction of sp³-hybridized carbons (Fsp3) is 0.462. The molecule has 0 bridgehead atoms. The summed E-state index contributed by atoms with van der Waals surface area (Å²) < 4.78 is 17.0. The zero-order chi connectivity index (χ0) is 24.1. The maximum Gasteiger partial charge on any atom is 0.229 e. The van der Waals surface area contributed by atoms with Crippen LogP contribution in [0.2, 0.25) is 0 Å². The number of carbonyl (C=O) groups excluding carboxylic acids is 2. The predicted octanol–water partition coefficient (Wildman–Crippen LogP) is 2.71. The number of ether oxygens (including phenoxy) is 3. The number of imide groups is 1. The number of methoxy groups -OCH3 is 1. The van der Waals surface area contributed by atoms with E-state index in [9.17, 15) is 14.7 Å².